The van der Waals surface area contributed by atoms with Crippen LogP contribution in [0.3, 0.4) is 0 Å². The maximum Gasteiger partial charge on any atom is 0.227 e. The fourth-order valence-electron chi connectivity index (χ4n) is 3.13. The number of nitrogens with one attached hydrogen (secondary N) is 1. The molecule has 24 heavy (non-hydrogen) atoms. The molecule has 0 saturated heterocycles. The molecule has 4 heteroatoms. The molecule has 1 aliphatic carbocycles. The van der Waals surface area contributed by atoms with Crippen molar-refractivity contribution >= 4 is 11.6 Å². The Morgan fingerprint density at radius 2 is 2.04 bits per heavy atom. The molecule has 2 aromatic rings. The van der Waals surface area contributed by atoms with Gasteiger partial charge in [0.25, 0.3) is 0 Å². The van der Waals surface area contributed by atoms with E-state index in [0.29, 0.717) is 6.61 Å². The molecule has 0 aliphatic heterocycles. The topological polar surface area (TPSA) is 64.3 Å². The van der Waals surface area contributed by atoms with Gasteiger partial charge in [0.1, 0.15) is 12.4 Å². The zero-order valence-electron chi connectivity index (χ0n) is 14.0. The number of rotatable bonds is 5. The largest absolute Gasteiger partial charge is 0.489 e. The summed E-state index contributed by atoms with van der Waals surface area (Å²) in [6.45, 7) is 2.57. The summed E-state index contributed by atoms with van der Waals surface area (Å²) >= 11 is 0. The van der Waals surface area contributed by atoms with Crippen LogP contribution in [-0.4, -0.2) is 11.9 Å². The molecule has 2 unspecified atom stereocenters. The van der Waals surface area contributed by atoms with Gasteiger partial charge in [0, 0.05) is 23.7 Å². The Hall–Kier alpha value is -2.33. The monoisotopic (exact) mass is 324 g/mol. The maximum atomic E-state index is 12.3. The van der Waals surface area contributed by atoms with Crippen LogP contribution in [0.15, 0.2) is 48.5 Å². The Morgan fingerprint density at radius 3 is 2.79 bits per heavy atom. The van der Waals surface area contributed by atoms with Gasteiger partial charge in [0.05, 0.1) is 0 Å². The predicted molar refractivity (Wildman–Crippen MR) is 95.9 cm³/mol. The quantitative estimate of drug-likeness (QED) is 0.882. The number of hydrogen-bond donors (Lipinski definition) is 2. The first-order valence-electron chi connectivity index (χ1n) is 8.45. The third-order valence-corrected chi connectivity index (χ3v) is 4.43. The summed E-state index contributed by atoms with van der Waals surface area (Å²) in [5, 5.41) is 2.98. The number of aryl methyl sites for hydroxylation is 1. The van der Waals surface area contributed by atoms with Gasteiger partial charge < -0.3 is 15.8 Å². The molecule has 0 bridgehead atoms. The fraction of sp³-hybridized carbons (Fsp3) is 0.350. The first kappa shape index (κ1) is 16.5. The lowest BCUT2D eigenvalue weighted by Gasteiger charge is -2.12. The molecule has 2 aromatic carbocycles. The number of anilines is 1. The van der Waals surface area contributed by atoms with Crippen molar-refractivity contribution in [3.8, 4) is 5.75 Å². The van der Waals surface area contributed by atoms with E-state index < -0.39 is 0 Å². The second kappa shape index (κ2) is 7.49. The third-order valence-electron chi connectivity index (χ3n) is 4.43. The number of nitrogens with two attached hydrogens (primary N) is 1. The molecular formula is C20H24N2O2. The lowest BCUT2D eigenvalue weighted by molar-refractivity contribution is -0.119. The molecule has 1 saturated carbocycles. The molecule has 0 spiro atoms. The average molecular weight is 324 g/mol. The number of ether oxygens (including phenoxy) is 1. The molecule has 1 fully saturated rings. The lowest BCUT2D eigenvalue weighted by Crippen LogP contribution is -2.23. The highest BCUT2D eigenvalue weighted by atomic mass is 16.5. The summed E-state index contributed by atoms with van der Waals surface area (Å²) in [7, 11) is 0. The van der Waals surface area contributed by atoms with Crippen molar-refractivity contribution in [1.29, 1.82) is 0 Å². The number of carbonyl (C=O) groups excluding carboxylic acids is 1. The molecule has 2 atom stereocenters. The number of benzene rings is 2. The summed E-state index contributed by atoms with van der Waals surface area (Å²) in [5.74, 6) is 0.827. The summed E-state index contributed by atoms with van der Waals surface area (Å²) in [5.41, 5.74) is 9.00. The minimum Gasteiger partial charge on any atom is -0.489 e. The van der Waals surface area contributed by atoms with Gasteiger partial charge >= 0.3 is 0 Å². The van der Waals surface area contributed by atoms with E-state index in [2.05, 4.69) is 24.4 Å². The van der Waals surface area contributed by atoms with E-state index in [1.54, 1.807) is 0 Å². The first-order chi connectivity index (χ1) is 11.6. The van der Waals surface area contributed by atoms with Crippen molar-refractivity contribution in [1.82, 2.24) is 0 Å². The Bertz CT molecular complexity index is 714. The minimum atomic E-state index is 0.0249. The number of hydrogen-bond acceptors (Lipinski definition) is 3. The molecule has 0 heterocycles. The van der Waals surface area contributed by atoms with Crippen molar-refractivity contribution in [2.75, 3.05) is 5.32 Å². The maximum absolute atomic E-state index is 12.3. The average Bonchev–Trinajstić information content (AvgIpc) is 3.00. The zero-order chi connectivity index (χ0) is 16.9. The second-order valence-corrected chi connectivity index (χ2v) is 6.56. The van der Waals surface area contributed by atoms with Crippen LogP contribution in [0.2, 0.25) is 0 Å². The van der Waals surface area contributed by atoms with Crippen LogP contribution in [0.5, 0.6) is 5.75 Å². The SMILES string of the molecule is Cc1cccc(COc2cccc(NC(=O)C3CCC(N)C3)c2)c1. The van der Waals surface area contributed by atoms with Crippen LogP contribution < -0.4 is 15.8 Å². The molecule has 4 nitrogen and oxygen atoms in total. The van der Waals surface area contributed by atoms with Gasteiger partial charge in [0.15, 0.2) is 0 Å². The highest BCUT2D eigenvalue weighted by molar-refractivity contribution is 5.92. The molecule has 1 aliphatic rings. The van der Waals surface area contributed by atoms with E-state index in [-0.39, 0.29) is 17.9 Å². The van der Waals surface area contributed by atoms with Crippen LogP contribution in [0.1, 0.15) is 30.4 Å². The Labute approximate surface area is 143 Å². The van der Waals surface area contributed by atoms with Crippen LogP contribution in [0.4, 0.5) is 5.69 Å². The fourth-order valence-corrected chi connectivity index (χ4v) is 3.13. The van der Waals surface area contributed by atoms with Gasteiger partial charge in [-0.05, 0) is 43.9 Å². The second-order valence-electron chi connectivity index (χ2n) is 6.56. The zero-order valence-corrected chi connectivity index (χ0v) is 14.0. The van der Waals surface area contributed by atoms with E-state index >= 15 is 0 Å². The molecule has 3 rings (SSSR count). The summed E-state index contributed by atoms with van der Waals surface area (Å²) < 4.78 is 5.84. The normalized spacial score (nSPS) is 19.9. The van der Waals surface area contributed by atoms with Crippen LogP contribution >= 0.6 is 0 Å². The Balaban J connectivity index is 1.58. The molecule has 0 aromatic heterocycles. The van der Waals surface area contributed by atoms with E-state index in [4.69, 9.17) is 10.5 Å². The van der Waals surface area contributed by atoms with Crippen molar-refractivity contribution in [2.45, 2.75) is 38.8 Å². The molecule has 126 valence electrons. The Morgan fingerprint density at radius 1 is 1.21 bits per heavy atom. The van der Waals surface area contributed by atoms with Crippen LogP contribution in [-0.2, 0) is 11.4 Å². The summed E-state index contributed by atoms with van der Waals surface area (Å²) in [6.07, 6.45) is 2.57. The van der Waals surface area contributed by atoms with Crippen molar-refractivity contribution < 1.29 is 9.53 Å². The minimum absolute atomic E-state index is 0.0249. The van der Waals surface area contributed by atoms with Gasteiger partial charge in [-0.15, -0.1) is 0 Å². The van der Waals surface area contributed by atoms with Gasteiger partial charge in [-0.2, -0.15) is 0 Å². The van der Waals surface area contributed by atoms with Crippen LogP contribution in [0, 0.1) is 12.8 Å². The van der Waals surface area contributed by atoms with Crippen LogP contribution in [0.25, 0.3) is 0 Å². The van der Waals surface area contributed by atoms with Crippen molar-refractivity contribution in [3.05, 3.63) is 59.7 Å². The smallest absolute Gasteiger partial charge is 0.227 e. The molecular weight excluding hydrogens is 300 g/mol. The summed E-state index contributed by atoms with van der Waals surface area (Å²) in [4.78, 5) is 12.3. The van der Waals surface area contributed by atoms with Gasteiger partial charge in [-0.3, -0.25) is 4.79 Å². The molecule has 3 N–H and O–H groups in total. The number of carbonyl (C=O) groups is 1. The highest BCUT2D eigenvalue weighted by Gasteiger charge is 2.27. The molecule has 1 amide bonds. The van der Waals surface area contributed by atoms with Gasteiger partial charge in [-0.1, -0.05) is 35.9 Å². The standard InChI is InChI=1S/C20H24N2O2/c1-14-4-2-5-15(10-14)13-24-19-7-3-6-18(12-19)22-20(23)16-8-9-17(21)11-16/h2-7,10,12,16-17H,8-9,11,13,21H2,1H3,(H,22,23). The van der Waals surface area contributed by atoms with E-state index in [1.807, 2.05) is 36.4 Å². The van der Waals surface area contributed by atoms with Gasteiger partial charge in [0.2, 0.25) is 5.91 Å². The third kappa shape index (κ3) is 4.36. The van der Waals surface area contributed by atoms with E-state index in [0.717, 1.165) is 36.3 Å². The molecule has 0 radical (unpaired) electrons. The van der Waals surface area contributed by atoms with Gasteiger partial charge in [-0.25, -0.2) is 0 Å². The summed E-state index contributed by atoms with van der Waals surface area (Å²) in [6, 6.07) is 15.9. The van der Waals surface area contributed by atoms with Crippen molar-refractivity contribution in [2.24, 2.45) is 11.7 Å². The highest BCUT2D eigenvalue weighted by Crippen LogP contribution is 2.26. The Kier molecular flexibility index (Phi) is 5.16. The lowest BCUT2D eigenvalue weighted by atomic mass is 10.1. The predicted octanol–water partition coefficient (Wildman–Crippen LogP) is 3.64. The van der Waals surface area contributed by atoms with Crippen molar-refractivity contribution in [3.63, 3.8) is 0 Å². The van der Waals surface area contributed by atoms with E-state index in [9.17, 15) is 4.79 Å². The van der Waals surface area contributed by atoms with E-state index in [1.165, 1.54) is 5.56 Å². The number of amides is 1. The first-order valence-corrected chi connectivity index (χ1v) is 8.45.